The summed E-state index contributed by atoms with van der Waals surface area (Å²) in [7, 11) is 0. The maximum Gasteiger partial charge on any atom is 0.412 e. The molecule has 0 unspecified atom stereocenters. The number of halogens is 1. The largest absolute Gasteiger partial charge is 0.508 e. The van der Waals surface area contributed by atoms with E-state index in [1.54, 1.807) is 26.8 Å². The van der Waals surface area contributed by atoms with E-state index in [2.05, 4.69) is 21.2 Å². The van der Waals surface area contributed by atoms with Gasteiger partial charge in [-0.1, -0.05) is 35.8 Å². The number of phenols is 1. The van der Waals surface area contributed by atoms with Crippen LogP contribution in [0.2, 0.25) is 0 Å². The third-order valence-corrected chi connectivity index (χ3v) is 4.11. The number of benzene rings is 1. The van der Waals surface area contributed by atoms with Crippen LogP contribution in [-0.4, -0.2) is 22.1 Å². The molecule has 0 saturated heterocycles. The van der Waals surface area contributed by atoms with Crippen molar-refractivity contribution in [1.29, 1.82) is 0 Å². The van der Waals surface area contributed by atoms with Crippen LogP contribution < -0.4 is 5.32 Å². The minimum Gasteiger partial charge on any atom is -0.508 e. The van der Waals surface area contributed by atoms with Gasteiger partial charge in [-0.2, -0.15) is 0 Å². The molecule has 0 saturated carbocycles. The number of ether oxygens (including phenoxy) is 1. The minimum absolute atomic E-state index is 0.156. The molecular weight excluding hydrogens is 322 g/mol. The first-order valence-corrected chi connectivity index (χ1v) is 7.57. The van der Waals surface area contributed by atoms with Crippen molar-refractivity contribution >= 4 is 27.7 Å². The van der Waals surface area contributed by atoms with Crippen molar-refractivity contribution in [2.24, 2.45) is 0 Å². The second-order valence-corrected chi connectivity index (χ2v) is 6.94. The number of hydrogen-bond donors (Lipinski definition) is 2. The Bertz CT molecular complexity index is 492. The summed E-state index contributed by atoms with van der Waals surface area (Å²) in [5.74, 6) is 0.156. The molecule has 0 aromatic heterocycles. The smallest absolute Gasteiger partial charge is 0.412 e. The number of hydrogen-bond acceptors (Lipinski definition) is 3. The lowest BCUT2D eigenvalue weighted by molar-refractivity contribution is 0.0636. The standard InChI is InChI=1S/C15H22BrNO3/c1-14(2,3)20-13(19)17-10-6-7-11(12(18)8-10)15(4,5)9-16/h6-8,18H,9H2,1-5H3,(H,17,19). The van der Waals surface area contributed by atoms with E-state index >= 15 is 0 Å². The number of anilines is 1. The minimum atomic E-state index is -0.552. The normalized spacial score (nSPS) is 12.1. The number of aromatic hydroxyl groups is 1. The van der Waals surface area contributed by atoms with Crippen LogP contribution in [-0.2, 0) is 10.2 Å². The Morgan fingerprint density at radius 1 is 1.30 bits per heavy atom. The summed E-state index contributed by atoms with van der Waals surface area (Å²) in [6, 6.07) is 5.09. The predicted molar refractivity (Wildman–Crippen MR) is 84.8 cm³/mol. The summed E-state index contributed by atoms with van der Waals surface area (Å²) in [4.78, 5) is 11.7. The fraction of sp³-hybridized carbons (Fsp3) is 0.533. The van der Waals surface area contributed by atoms with Crippen molar-refractivity contribution in [3.05, 3.63) is 23.8 Å². The van der Waals surface area contributed by atoms with Gasteiger partial charge in [0.1, 0.15) is 11.4 Å². The van der Waals surface area contributed by atoms with E-state index < -0.39 is 11.7 Å². The molecule has 1 rings (SSSR count). The molecule has 0 fully saturated rings. The van der Waals surface area contributed by atoms with Crippen LogP contribution in [0.1, 0.15) is 40.2 Å². The highest BCUT2D eigenvalue weighted by molar-refractivity contribution is 9.09. The number of alkyl halides is 1. The molecule has 0 radical (unpaired) electrons. The van der Waals surface area contributed by atoms with Crippen LogP contribution >= 0.6 is 15.9 Å². The molecule has 0 spiro atoms. The molecule has 0 aliphatic carbocycles. The van der Waals surface area contributed by atoms with Crippen molar-refractivity contribution < 1.29 is 14.6 Å². The first-order valence-electron chi connectivity index (χ1n) is 6.44. The summed E-state index contributed by atoms with van der Waals surface area (Å²) < 4.78 is 5.16. The molecule has 112 valence electrons. The zero-order valence-electron chi connectivity index (χ0n) is 12.6. The average molecular weight is 344 g/mol. The molecule has 20 heavy (non-hydrogen) atoms. The Morgan fingerprint density at radius 3 is 2.35 bits per heavy atom. The zero-order valence-corrected chi connectivity index (χ0v) is 14.2. The monoisotopic (exact) mass is 343 g/mol. The molecule has 1 aromatic carbocycles. The number of carbonyl (C=O) groups excluding carboxylic acids is 1. The third kappa shape index (κ3) is 4.71. The second-order valence-electron chi connectivity index (χ2n) is 6.38. The maximum atomic E-state index is 11.7. The average Bonchev–Trinajstić information content (AvgIpc) is 2.25. The zero-order chi connectivity index (χ0) is 15.6. The fourth-order valence-corrected chi connectivity index (χ4v) is 1.98. The van der Waals surface area contributed by atoms with Crippen LogP contribution in [0.4, 0.5) is 10.5 Å². The third-order valence-electron chi connectivity index (χ3n) is 2.71. The summed E-state index contributed by atoms with van der Waals surface area (Å²) in [6.07, 6.45) is -0.538. The fourth-order valence-electron chi connectivity index (χ4n) is 1.68. The first-order chi connectivity index (χ1) is 9.05. The summed E-state index contributed by atoms with van der Waals surface area (Å²) >= 11 is 3.43. The number of carbonyl (C=O) groups is 1. The van der Waals surface area contributed by atoms with Gasteiger partial charge in [-0.3, -0.25) is 5.32 Å². The van der Waals surface area contributed by atoms with Gasteiger partial charge in [0.15, 0.2) is 0 Å². The lowest BCUT2D eigenvalue weighted by Crippen LogP contribution is -2.27. The highest BCUT2D eigenvalue weighted by Gasteiger charge is 2.23. The van der Waals surface area contributed by atoms with Crippen LogP contribution in [0, 0.1) is 0 Å². The molecule has 0 aliphatic rings. The van der Waals surface area contributed by atoms with E-state index in [0.29, 0.717) is 5.69 Å². The Balaban J connectivity index is 2.86. The lowest BCUT2D eigenvalue weighted by atomic mass is 9.86. The van der Waals surface area contributed by atoms with Crippen LogP contribution in [0.5, 0.6) is 5.75 Å². The summed E-state index contributed by atoms with van der Waals surface area (Å²) in [5.41, 5.74) is 0.591. The van der Waals surface area contributed by atoms with E-state index in [1.807, 2.05) is 19.9 Å². The molecule has 0 bridgehead atoms. The van der Waals surface area contributed by atoms with Crippen molar-refractivity contribution in [2.75, 3.05) is 10.6 Å². The molecule has 0 atom stereocenters. The maximum absolute atomic E-state index is 11.7. The van der Waals surface area contributed by atoms with Gasteiger partial charge in [0.2, 0.25) is 0 Å². The molecule has 1 amide bonds. The van der Waals surface area contributed by atoms with Crippen molar-refractivity contribution in [1.82, 2.24) is 0 Å². The van der Waals surface area contributed by atoms with Gasteiger partial charge in [-0.05, 0) is 26.8 Å². The number of nitrogens with one attached hydrogen (secondary N) is 1. The van der Waals surface area contributed by atoms with E-state index in [-0.39, 0.29) is 11.2 Å². The SMILES string of the molecule is CC(C)(C)OC(=O)Nc1ccc(C(C)(C)CBr)c(O)c1. The first kappa shape index (κ1) is 16.8. The highest BCUT2D eigenvalue weighted by Crippen LogP contribution is 2.34. The van der Waals surface area contributed by atoms with E-state index in [4.69, 9.17) is 4.74 Å². The lowest BCUT2D eigenvalue weighted by Gasteiger charge is -2.24. The highest BCUT2D eigenvalue weighted by atomic mass is 79.9. The van der Waals surface area contributed by atoms with Crippen molar-refractivity contribution in [2.45, 2.75) is 45.6 Å². The second kappa shape index (κ2) is 6.04. The summed E-state index contributed by atoms with van der Waals surface area (Å²) in [5, 5.41) is 13.4. The van der Waals surface area contributed by atoms with Crippen LogP contribution in [0.3, 0.4) is 0 Å². The number of rotatable bonds is 3. The van der Waals surface area contributed by atoms with E-state index in [1.165, 1.54) is 6.07 Å². The predicted octanol–water partition coefficient (Wildman–Crippen LogP) is 4.41. The Morgan fingerprint density at radius 2 is 1.90 bits per heavy atom. The van der Waals surface area contributed by atoms with Gasteiger partial charge in [-0.25, -0.2) is 4.79 Å². The van der Waals surface area contributed by atoms with Crippen molar-refractivity contribution in [3.8, 4) is 5.75 Å². The Labute approximate surface area is 128 Å². The molecule has 5 heteroatoms. The molecule has 2 N–H and O–H groups in total. The van der Waals surface area contributed by atoms with E-state index in [9.17, 15) is 9.90 Å². The number of amides is 1. The van der Waals surface area contributed by atoms with Gasteiger partial charge in [0, 0.05) is 28.1 Å². The van der Waals surface area contributed by atoms with Gasteiger partial charge in [0.05, 0.1) is 0 Å². The molecule has 4 nitrogen and oxygen atoms in total. The van der Waals surface area contributed by atoms with Crippen LogP contribution in [0.15, 0.2) is 18.2 Å². The van der Waals surface area contributed by atoms with Gasteiger partial charge < -0.3 is 9.84 Å². The van der Waals surface area contributed by atoms with Crippen molar-refractivity contribution in [3.63, 3.8) is 0 Å². The topological polar surface area (TPSA) is 58.6 Å². The molecule has 0 heterocycles. The Hall–Kier alpha value is -1.23. The summed E-state index contributed by atoms with van der Waals surface area (Å²) in [6.45, 7) is 9.44. The van der Waals surface area contributed by atoms with Gasteiger partial charge >= 0.3 is 6.09 Å². The quantitative estimate of drug-likeness (QED) is 0.799. The Kier molecular flexibility index (Phi) is 5.08. The molecule has 0 aliphatic heterocycles. The van der Waals surface area contributed by atoms with Gasteiger partial charge in [-0.15, -0.1) is 0 Å². The van der Waals surface area contributed by atoms with E-state index in [0.717, 1.165) is 10.9 Å². The molecular formula is C15H22BrNO3. The van der Waals surface area contributed by atoms with Crippen LogP contribution in [0.25, 0.3) is 0 Å². The van der Waals surface area contributed by atoms with Gasteiger partial charge in [0.25, 0.3) is 0 Å². The number of phenolic OH excluding ortho intramolecular Hbond substituents is 1. The molecule has 1 aromatic rings.